The standard InChI is InChI=1S/C9H12ClNO3S/c1-11-15(12,13)6-7-3-4-9(14-2)8(10)5-7/h3-5,11H,6H2,1-2H3. The molecule has 0 saturated heterocycles. The van der Waals surface area contributed by atoms with E-state index >= 15 is 0 Å². The Morgan fingerprint density at radius 1 is 1.47 bits per heavy atom. The van der Waals surface area contributed by atoms with Crippen molar-refractivity contribution in [3.8, 4) is 5.75 Å². The number of ether oxygens (including phenoxy) is 1. The second-order valence-electron chi connectivity index (χ2n) is 2.93. The van der Waals surface area contributed by atoms with E-state index in [1.165, 1.54) is 14.2 Å². The third-order valence-corrected chi connectivity index (χ3v) is 3.51. The lowest BCUT2D eigenvalue weighted by Crippen LogP contribution is -2.20. The van der Waals surface area contributed by atoms with Gasteiger partial charge in [-0.2, -0.15) is 0 Å². The molecule has 15 heavy (non-hydrogen) atoms. The van der Waals surface area contributed by atoms with Crippen LogP contribution in [0.15, 0.2) is 18.2 Å². The minimum absolute atomic E-state index is 0.0901. The molecule has 0 aliphatic heterocycles. The Bertz CT molecular complexity index is 445. The van der Waals surface area contributed by atoms with Crippen LogP contribution >= 0.6 is 11.6 Å². The van der Waals surface area contributed by atoms with Crippen LogP contribution in [-0.4, -0.2) is 22.6 Å². The molecule has 4 nitrogen and oxygen atoms in total. The van der Waals surface area contributed by atoms with E-state index in [0.29, 0.717) is 16.3 Å². The second kappa shape index (κ2) is 4.83. The summed E-state index contributed by atoms with van der Waals surface area (Å²) >= 11 is 5.86. The highest BCUT2D eigenvalue weighted by atomic mass is 35.5. The van der Waals surface area contributed by atoms with Gasteiger partial charge in [0.05, 0.1) is 17.9 Å². The van der Waals surface area contributed by atoms with E-state index in [-0.39, 0.29) is 5.75 Å². The molecule has 0 unspecified atom stereocenters. The first kappa shape index (κ1) is 12.3. The van der Waals surface area contributed by atoms with E-state index in [1.54, 1.807) is 18.2 Å². The van der Waals surface area contributed by atoms with Crippen molar-refractivity contribution in [2.45, 2.75) is 5.75 Å². The van der Waals surface area contributed by atoms with Crippen LogP contribution in [0.25, 0.3) is 0 Å². The van der Waals surface area contributed by atoms with Crippen molar-refractivity contribution in [1.29, 1.82) is 0 Å². The first-order chi connectivity index (χ1) is 6.98. The molecule has 6 heteroatoms. The fourth-order valence-electron chi connectivity index (χ4n) is 1.09. The Morgan fingerprint density at radius 2 is 2.13 bits per heavy atom. The quantitative estimate of drug-likeness (QED) is 0.878. The fraction of sp³-hybridized carbons (Fsp3) is 0.333. The highest BCUT2D eigenvalue weighted by molar-refractivity contribution is 7.88. The normalized spacial score (nSPS) is 11.4. The van der Waals surface area contributed by atoms with Gasteiger partial charge in [-0.05, 0) is 24.7 Å². The monoisotopic (exact) mass is 249 g/mol. The Morgan fingerprint density at radius 3 is 2.60 bits per heavy atom. The lowest BCUT2D eigenvalue weighted by Gasteiger charge is -2.06. The van der Waals surface area contributed by atoms with Crippen LogP contribution < -0.4 is 9.46 Å². The van der Waals surface area contributed by atoms with Crippen LogP contribution in [0.3, 0.4) is 0 Å². The zero-order valence-corrected chi connectivity index (χ0v) is 10.0. The van der Waals surface area contributed by atoms with Crippen molar-refractivity contribution >= 4 is 21.6 Å². The van der Waals surface area contributed by atoms with Crippen LogP contribution in [0.2, 0.25) is 5.02 Å². The van der Waals surface area contributed by atoms with E-state index in [9.17, 15) is 8.42 Å². The number of sulfonamides is 1. The minimum Gasteiger partial charge on any atom is -0.495 e. The smallest absolute Gasteiger partial charge is 0.215 e. The van der Waals surface area contributed by atoms with Gasteiger partial charge >= 0.3 is 0 Å². The van der Waals surface area contributed by atoms with Crippen molar-refractivity contribution < 1.29 is 13.2 Å². The summed E-state index contributed by atoms with van der Waals surface area (Å²) in [6, 6.07) is 4.89. The molecule has 1 aromatic carbocycles. The predicted molar refractivity (Wildman–Crippen MR) is 59.7 cm³/mol. The SMILES string of the molecule is CNS(=O)(=O)Cc1ccc(OC)c(Cl)c1. The molecule has 0 fully saturated rings. The Kier molecular flexibility index (Phi) is 3.96. The molecule has 0 saturated carbocycles. The number of halogens is 1. The van der Waals surface area contributed by atoms with Crippen molar-refractivity contribution in [3.63, 3.8) is 0 Å². The number of rotatable bonds is 4. The molecule has 0 atom stereocenters. The molecule has 0 spiro atoms. The summed E-state index contributed by atoms with van der Waals surface area (Å²) < 4.78 is 29.7. The molecule has 84 valence electrons. The second-order valence-corrected chi connectivity index (χ2v) is 5.27. The van der Waals surface area contributed by atoms with Crippen LogP contribution in [-0.2, 0) is 15.8 Å². The lowest BCUT2D eigenvalue weighted by atomic mass is 10.2. The number of nitrogens with one attached hydrogen (secondary N) is 1. The van der Waals surface area contributed by atoms with E-state index < -0.39 is 10.0 Å². The number of hydrogen-bond acceptors (Lipinski definition) is 3. The van der Waals surface area contributed by atoms with Gasteiger partial charge in [-0.3, -0.25) is 0 Å². The zero-order chi connectivity index (χ0) is 11.5. The zero-order valence-electron chi connectivity index (χ0n) is 8.45. The molecule has 0 aliphatic rings. The van der Waals surface area contributed by atoms with Gasteiger partial charge < -0.3 is 4.74 Å². The van der Waals surface area contributed by atoms with Crippen LogP contribution in [0, 0.1) is 0 Å². The summed E-state index contributed by atoms with van der Waals surface area (Å²) in [4.78, 5) is 0. The maximum atomic E-state index is 11.2. The average Bonchev–Trinajstić information content (AvgIpc) is 2.17. The molecular weight excluding hydrogens is 238 g/mol. The third-order valence-electron chi connectivity index (χ3n) is 1.88. The molecule has 1 N–H and O–H groups in total. The maximum Gasteiger partial charge on any atom is 0.215 e. The van der Waals surface area contributed by atoms with Crippen LogP contribution in [0.5, 0.6) is 5.75 Å². The van der Waals surface area contributed by atoms with Gasteiger partial charge in [-0.15, -0.1) is 0 Å². The molecule has 0 aliphatic carbocycles. The van der Waals surface area contributed by atoms with E-state index in [1.807, 2.05) is 0 Å². The van der Waals surface area contributed by atoms with Crippen molar-refractivity contribution in [3.05, 3.63) is 28.8 Å². The van der Waals surface area contributed by atoms with Gasteiger partial charge in [0.1, 0.15) is 5.75 Å². The number of hydrogen-bond donors (Lipinski definition) is 1. The summed E-state index contributed by atoms with van der Waals surface area (Å²) in [6.45, 7) is 0. The van der Waals surface area contributed by atoms with Crippen molar-refractivity contribution in [1.82, 2.24) is 4.72 Å². The summed E-state index contributed by atoms with van der Waals surface area (Å²) in [5.74, 6) is 0.440. The highest BCUT2D eigenvalue weighted by Crippen LogP contribution is 2.25. The topological polar surface area (TPSA) is 55.4 Å². The van der Waals surface area contributed by atoms with Gasteiger partial charge in [0.25, 0.3) is 0 Å². The van der Waals surface area contributed by atoms with Gasteiger partial charge in [-0.1, -0.05) is 17.7 Å². The van der Waals surface area contributed by atoms with E-state index in [0.717, 1.165) is 0 Å². The van der Waals surface area contributed by atoms with Gasteiger partial charge in [0.15, 0.2) is 0 Å². The molecular formula is C9H12ClNO3S. The molecule has 0 aromatic heterocycles. The maximum absolute atomic E-state index is 11.2. The van der Waals surface area contributed by atoms with Crippen molar-refractivity contribution in [2.75, 3.05) is 14.2 Å². The third kappa shape index (κ3) is 3.37. The fourth-order valence-corrected chi connectivity index (χ4v) is 2.13. The molecule has 1 rings (SSSR count). The largest absolute Gasteiger partial charge is 0.495 e. The Balaban J connectivity index is 2.94. The number of methoxy groups -OCH3 is 1. The highest BCUT2D eigenvalue weighted by Gasteiger charge is 2.10. The summed E-state index contributed by atoms with van der Waals surface area (Å²) in [5, 5.41) is 0.404. The van der Waals surface area contributed by atoms with Gasteiger partial charge in [0.2, 0.25) is 10.0 Å². The molecule has 0 heterocycles. The van der Waals surface area contributed by atoms with Crippen LogP contribution in [0.4, 0.5) is 0 Å². The lowest BCUT2D eigenvalue weighted by molar-refractivity contribution is 0.415. The summed E-state index contributed by atoms with van der Waals surface area (Å²) in [6.07, 6.45) is 0. The Labute approximate surface area is 94.3 Å². The predicted octanol–water partition coefficient (Wildman–Crippen LogP) is 1.40. The first-order valence-electron chi connectivity index (χ1n) is 4.22. The molecule has 1 aromatic rings. The van der Waals surface area contributed by atoms with Gasteiger partial charge in [0, 0.05) is 0 Å². The number of benzene rings is 1. The van der Waals surface area contributed by atoms with E-state index in [2.05, 4.69) is 4.72 Å². The molecule has 0 amide bonds. The molecule has 0 radical (unpaired) electrons. The summed E-state index contributed by atoms with van der Waals surface area (Å²) in [7, 11) is -0.378. The minimum atomic E-state index is -3.26. The van der Waals surface area contributed by atoms with E-state index in [4.69, 9.17) is 16.3 Å². The summed E-state index contributed by atoms with van der Waals surface area (Å²) in [5.41, 5.74) is 0.621. The Hall–Kier alpha value is -0.780. The van der Waals surface area contributed by atoms with Gasteiger partial charge in [-0.25, -0.2) is 13.1 Å². The van der Waals surface area contributed by atoms with Crippen LogP contribution in [0.1, 0.15) is 5.56 Å². The van der Waals surface area contributed by atoms with Crippen molar-refractivity contribution in [2.24, 2.45) is 0 Å². The molecule has 0 bridgehead atoms. The first-order valence-corrected chi connectivity index (χ1v) is 6.25. The average molecular weight is 250 g/mol.